The largest absolute Gasteiger partial charge is 0.497 e. The standard InChI is InChI=1S/C24H20BrN3O5/c1-32-20-11-7-17(8-12-20)24(31)33-21-9-5-16(6-10-21)14-27-28-22(29)15-26-23(30)18-3-2-4-19(25)13-18/h2-14H,15H2,1H3,(H,26,30)(H,28,29)/b27-14-. The molecule has 0 bridgehead atoms. The Morgan fingerprint density at radius 3 is 2.30 bits per heavy atom. The Morgan fingerprint density at radius 2 is 1.64 bits per heavy atom. The van der Waals surface area contributed by atoms with Gasteiger partial charge in [-0.15, -0.1) is 0 Å². The SMILES string of the molecule is COc1ccc(C(=O)Oc2ccc(/C=N\NC(=O)CNC(=O)c3cccc(Br)c3)cc2)cc1. The van der Waals surface area contributed by atoms with Crippen LogP contribution >= 0.6 is 15.9 Å². The fourth-order valence-electron chi connectivity index (χ4n) is 2.63. The first kappa shape index (κ1) is 23.7. The van der Waals surface area contributed by atoms with Gasteiger partial charge in [0.15, 0.2) is 0 Å². The van der Waals surface area contributed by atoms with Gasteiger partial charge in [0.05, 0.1) is 25.4 Å². The van der Waals surface area contributed by atoms with Crippen molar-refractivity contribution in [3.63, 3.8) is 0 Å². The van der Waals surface area contributed by atoms with Crippen LogP contribution in [0.3, 0.4) is 0 Å². The van der Waals surface area contributed by atoms with E-state index in [1.165, 1.54) is 6.21 Å². The lowest BCUT2D eigenvalue weighted by Gasteiger charge is -2.06. The summed E-state index contributed by atoms with van der Waals surface area (Å²) in [4.78, 5) is 36.1. The van der Waals surface area contributed by atoms with Crippen LogP contribution in [-0.4, -0.2) is 37.7 Å². The monoisotopic (exact) mass is 509 g/mol. The summed E-state index contributed by atoms with van der Waals surface area (Å²) < 4.78 is 11.2. The van der Waals surface area contributed by atoms with Gasteiger partial charge in [-0.2, -0.15) is 5.10 Å². The minimum atomic E-state index is -0.490. The van der Waals surface area contributed by atoms with E-state index >= 15 is 0 Å². The van der Waals surface area contributed by atoms with Gasteiger partial charge in [0.25, 0.3) is 11.8 Å². The zero-order valence-electron chi connectivity index (χ0n) is 17.6. The average molecular weight is 510 g/mol. The van der Waals surface area contributed by atoms with Crippen molar-refractivity contribution >= 4 is 39.9 Å². The molecular weight excluding hydrogens is 490 g/mol. The summed E-state index contributed by atoms with van der Waals surface area (Å²) in [5.41, 5.74) is 3.85. The van der Waals surface area contributed by atoms with Crippen molar-refractivity contribution in [1.82, 2.24) is 10.7 Å². The van der Waals surface area contributed by atoms with Gasteiger partial charge < -0.3 is 14.8 Å². The molecule has 0 aromatic heterocycles. The summed E-state index contributed by atoms with van der Waals surface area (Å²) in [5.74, 6) is -0.313. The summed E-state index contributed by atoms with van der Waals surface area (Å²) in [6.45, 7) is -0.219. The maximum Gasteiger partial charge on any atom is 0.343 e. The number of hydrogen-bond donors (Lipinski definition) is 2. The van der Waals surface area contributed by atoms with Crippen molar-refractivity contribution in [1.29, 1.82) is 0 Å². The summed E-state index contributed by atoms with van der Waals surface area (Å²) >= 11 is 3.29. The quantitative estimate of drug-likeness (QED) is 0.209. The van der Waals surface area contributed by atoms with E-state index in [-0.39, 0.29) is 12.5 Å². The van der Waals surface area contributed by atoms with Gasteiger partial charge in [0.2, 0.25) is 0 Å². The molecule has 2 N–H and O–H groups in total. The van der Waals surface area contributed by atoms with E-state index in [0.29, 0.717) is 28.2 Å². The first-order valence-corrected chi connectivity index (χ1v) is 10.6. The van der Waals surface area contributed by atoms with E-state index in [1.807, 2.05) is 0 Å². The predicted molar refractivity (Wildman–Crippen MR) is 127 cm³/mol. The second-order valence-corrected chi connectivity index (χ2v) is 7.59. The number of benzene rings is 3. The van der Waals surface area contributed by atoms with Gasteiger partial charge in [-0.3, -0.25) is 9.59 Å². The van der Waals surface area contributed by atoms with Crippen LogP contribution in [0.5, 0.6) is 11.5 Å². The number of rotatable bonds is 8. The van der Waals surface area contributed by atoms with E-state index in [2.05, 4.69) is 31.8 Å². The van der Waals surface area contributed by atoms with Crippen LogP contribution in [0.1, 0.15) is 26.3 Å². The van der Waals surface area contributed by atoms with Crippen LogP contribution in [0, 0.1) is 0 Å². The minimum Gasteiger partial charge on any atom is -0.497 e. The molecule has 0 aliphatic carbocycles. The second kappa shape index (κ2) is 11.6. The maximum atomic E-state index is 12.2. The third-order valence-electron chi connectivity index (χ3n) is 4.32. The number of carbonyl (C=O) groups excluding carboxylic acids is 3. The number of amides is 2. The molecule has 0 heterocycles. The second-order valence-electron chi connectivity index (χ2n) is 6.67. The molecule has 3 rings (SSSR count). The topological polar surface area (TPSA) is 106 Å². The average Bonchev–Trinajstić information content (AvgIpc) is 2.83. The summed E-state index contributed by atoms with van der Waals surface area (Å²) in [5, 5.41) is 6.38. The fraction of sp³-hybridized carbons (Fsp3) is 0.0833. The molecule has 3 aromatic rings. The molecule has 2 amide bonds. The van der Waals surface area contributed by atoms with Gasteiger partial charge in [-0.1, -0.05) is 22.0 Å². The highest BCUT2D eigenvalue weighted by Gasteiger charge is 2.09. The Bertz CT molecular complexity index is 1160. The van der Waals surface area contributed by atoms with E-state index in [9.17, 15) is 14.4 Å². The number of halogens is 1. The molecule has 9 heteroatoms. The molecule has 8 nitrogen and oxygen atoms in total. The molecule has 0 unspecified atom stereocenters. The highest BCUT2D eigenvalue weighted by molar-refractivity contribution is 9.10. The smallest absolute Gasteiger partial charge is 0.343 e. The molecule has 0 radical (unpaired) electrons. The molecule has 0 aliphatic heterocycles. The Kier molecular flexibility index (Phi) is 8.31. The highest BCUT2D eigenvalue weighted by Crippen LogP contribution is 2.16. The maximum absolute atomic E-state index is 12.2. The first-order valence-electron chi connectivity index (χ1n) is 9.76. The number of esters is 1. The van der Waals surface area contributed by atoms with Crippen LogP contribution in [0.15, 0.2) is 82.4 Å². The zero-order valence-corrected chi connectivity index (χ0v) is 19.2. The van der Waals surface area contributed by atoms with Gasteiger partial charge >= 0.3 is 5.97 Å². The van der Waals surface area contributed by atoms with E-state index in [0.717, 1.165) is 4.47 Å². The number of hydrazone groups is 1. The molecule has 168 valence electrons. The molecule has 0 fully saturated rings. The van der Waals surface area contributed by atoms with Crippen molar-refractivity contribution in [2.75, 3.05) is 13.7 Å². The van der Waals surface area contributed by atoms with Gasteiger partial charge in [0, 0.05) is 10.0 Å². The van der Waals surface area contributed by atoms with Gasteiger partial charge in [0.1, 0.15) is 11.5 Å². The molecule has 0 saturated heterocycles. The van der Waals surface area contributed by atoms with Crippen molar-refractivity contribution in [3.8, 4) is 11.5 Å². The van der Waals surface area contributed by atoms with Crippen LogP contribution in [-0.2, 0) is 4.79 Å². The van der Waals surface area contributed by atoms with E-state index < -0.39 is 11.9 Å². The Labute approximate surface area is 198 Å². The number of methoxy groups -OCH3 is 1. The minimum absolute atomic E-state index is 0.219. The summed E-state index contributed by atoms with van der Waals surface area (Å²) in [6, 6.07) is 20.0. The molecule has 3 aromatic carbocycles. The molecule has 0 atom stereocenters. The normalized spacial score (nSPS) is 10.5. The van der Waals surface area contributed by atoms with Crippen molar-refractivity contribution < 1.29 is 23.9 Å². The first-order chi connectivity index (χ1) is 15.9. The number of hydrogen-bond acceptors (Lipinski definition) is 6. The van der Waals surface area contributed by atoms with E-state index in [4.69, 9.17) is 9.47 Å². The molecule has 0 aliphatic rings. The lowest BCUT2D eigenvalue weighted by molar-refractivity contribution is -0.120. The molecule has 0 spiro atoms. The highest BCUT2D eigenvalue weighted by atomic mass is 79.9. The van der Waals surface area contributed by atoms with Gasteiger partial charge in [-0.25, -0.2) is 10.2 Å². The summed E-state index contributed by atoms with van der Waals surface area (Å²) in [7, 11) is 1.55. The third-order valence-corrected chi connectivity index (χ3v) is 4.81. The van der Waals surface area contributed by atoms with Crippen molar-refractivity contribution in [2.24, 2.45) is 5.10 Å². The lowest BCUT2D eigenvalue weighted by atomic mass is 10.2. The Morgan fingerprint density at radius 1 is 0.939 bits per heavy atom. The van der Waals surface area contributed by atoms with Crippen LogP contribution in [0.2, 0.25) is 0 Å². The number of carbonyl (C=O) groups is 3. The molecule has 33 heavy (non-hydrogen) atoms. The van der Waals surface area contributed by atoms with Gasteiger partial charge in [-0.05, 0) is 72.3 Å². The number of nitrogens with one attached hydrogen (secondary N) is 2. The predicted octanol–water partition coefficient (Wildman–Crippen LogP) is 3.56. The molecule has 0 saturated carbocycles. The zero-order chi connectivity index (χ0) is 23.6. The number of ether oxygens (including phenoxy) is 2. The Balaban J connectivity index is 1.45. The Hall–Kier alpha value is -3.98. The van der Waals surface area contributed by atoms with Crippen LogP contribution < -0.4 is 20.2 Å². The summed E-state index contributed by atoms with van der Waals surface area (Å²) in [6.07, 6.45) is 1.43. The van der Waals surface area contributed by atoms with Crippen LogP contribution in [0.4, 0.5) is 0 Å². The molecular formula is C24H20BrN3O5. The van der Waals surface area contributed by atoms with Crippen molar-refractivity contribution in [2.45, 2.75) is 0 Å². The van der Waals surface area contributed by atoms with Crippen molar-refractivity contribution in [3.05, 3.63) is 94.0 Å². The number of nitrogens with zero attached hydrogens (tertiary/aromatic N) is 1. The fourth-order valence-corrected chi connectivity index (χ4v) is 3.02. The lowest BCUT2D eigenvalue weighted by Crippen LogP contribution is -2.34. The third kappa shape index (κ3) is 7.29. The van der Waals surface area contributed by atoms with E-state index in [1.54, 1.807) is 79.9 Å². The van der Waals surface area contributed by atoms with Crippen LogP contribution in [0.25, 0.3) is 0 Å².